The van der Waals surface area contributed by atoms with Gasteiger partial charge in [-0.15, -0.1) is 0 Å². The van der Waals surface area contributed by atoms with E-state index >= 15 is 0 Å². The molecule has 6 heteroatoms. The van der Waals surface area contributed by atoms with Gasteiger partial charge in [-0.05, 0) is 0 Å². The number of morpholine rings is 1. The smallest absolute Gasteiger partial charge is 0.343 e. The molecule has 2 rings (SSSR count). The summed E-state index contributed by atoms with van der Waals surface area (Å²) in [7, 11) is 0. The highest BCUT2D eigenvalue weighted by Crippen LogP contribution is 1.94. The van der Waals surface area contributed by atoms with Crippen molar-refractivity contribution in [3.63, 3.8) is 0 Å². The van der Waals surface area contributed by atoms with Crippen molar-refractivity contribution in [3.05, 3.63) is 16.8 Å². The summed E-state index contributed by atoms with van der Waals surface area (Å²) < 4.78 is 6.80. The molecule has 1 fully saturated rings. The van der Waals surface area contributed by atoms with Crippen LogP contribution in [0.2, 0.25) is 0 Å². The number of nitrogens with one attached hydrogen (secondary N) is 2. The average molecular weight is 184 g/mol. The van der Waals surface area contributed by atoms with Crippen LogP contribution in [0.1, 0.15) is 0 Å². The van der Waals surface area contributed by atoms with E-state index in [9.17, 15) is 4.79 Å². The second-order valence-corrected chi connectivity index (χ2v) is 3.04. The van der Waals surface area contributed by atoms with Crippen molar-refractivity contribution in [1.82, 2.24) is 20.1 Å². The predicted molar refractivity (Wildman–Crippen MR) is 45.5 cm³/mol. The number of hydrogen-bond donors (Lipinski definition) is 2. The van der Waals surface area contributed by atoms with Gasteiger partial charge in [0.05, 0.1) is 13.2 Å². The molecule has 1 saturated heterocycles. The molecule has 0 radical (unpaired) electrons. The largest absolute Gasteiger partial charge is 0.378 e. The molecule has 2 N–H and O–H groups in total. The van der Waals surface area contributed by atoms with Crippen LogP contribution < -0.4 is 11.0 Å². The topological polar surface area (TPSA) is 71.9 Å². The monoisotopic (exact) mass is 184 g/mol. The van der Waals surface area contributed by atoms with Crippen molar-refractivity contribution >= 4 is 0 Å². The summed E-state index contributed by atoms with van der Waals surface area (Å²) >= 11 is 0. The highest BCUT2D eigenvalue weighted by Gasteiger charge is 2.13. The number of nitrogens with zero attached hydrogens (tertiary/aromatic N) is 2. The lowest BCUT2D eigenvalue weighted by Crippen LogP contribution is -2.44. The Labute approximate surface area is 74.9 Å². The van der Waals surface area contributed by atoms with E-state index in [2.05, 4.69) is 15.5 Å². The van der Waals surface area contributed by atoms with E-state index in [4.69, 9.17) is 4.74 Å². The van der Waals surface area contributed by atoms with Gasteiger partial charge in [0.1, 0.15) is 6.33 Å². The third kappa shape index (κ3) is 1.96. The maximum Gasteiger partial charge on any atom is 0.343 e. The number of ether oxygens (including phenoxy) is 1. The third-order valence-corrected chi connectivity index (χ3v) is 2.03. The zero-order valence-electron chi connectivity index (χ0n) is 7.19. The SMILES string of the molecule is O=c1[nH]ncn1CC1COCCN1. The van der Waals surface area contributed by atoms with E-state index in [1.807, 2.05) is 0 Å². The van der Waals surface area contributed by atoms with Crippen molar-refractivity contribution in [2.75, 3.05) is 19.8 Å². The lowest BCUT2D eigenvalue weighted by atomic mass is 10.3. The maximum absolute atomic E-state index is 11.1. The molecule has 1 atom stereocenters. The Morgan fingerprint density at radius 2 is 2.69 bits per heavy atom. The van der Waals surface area contributed by atoms with Crippen LogP contribution in [0, 0.1) is 0 Å². The van der Waals surface area contributed by atoms with Crippen molar-refractivity contribution in [2.24, 2.45) is 0 Å². The predicted octanol–water partition coefficient (Wildman–Crippen LogP) is -1.44. The highest BCUT2D eigenvalue weighted by atomic mass is 16.5. The Kier molecular flexibility index (Phi) is 2.42. The Hall–Kier alpha value is -1.14. The van der Waals surface area contributed by atoms with Crippen LogP contribution >= 0.6 is 0 Å². The minimum Gasteiger partial charge on any atom is -0.378 e. The normalized spacial score (nSPS) is 23.2. The number of rotatable bonds is 2. The molecule has 13 heavy (non-hydrogen) atoms. The van der Waals surface area contributed by atoms with Crippen LogP contribution in [0.4, 0.5) is 0 Å². The first kappa shape index (κ1) is 8.46. The van der Waals surface area contributed by atoms with Crippen LogP contribution in [0.5, 0.6) is 0 Å². The second-order valence-electron chi connectivity index (χ2n) is 3.04. The summed E-state index contributed by atoms with van der Waals surface area (Å²) in [5.74, 6) is 0. The van der Waals surface area contributed by atoms with Gasteiger partial charge in [-0.3, -0.25) is 4.57 Å². The number of hydrogen-bond acceptors (Lipinski definition) is 4. The summed E-state index contributed by atoms with van der Waals surface area (Å²) in [4.78, 5) is 11.1. The molecule has 0 bridgehead atoms. The second kappa shape index (κ2) is 3.71. The average Bonchev–Trinajstić information content (AvgIpc) is 2.54. The Morgan fingerprint density at radius 3 is 3.31 bits per heavy atom. The van der Waals surface area contributed by atoms with Gasteiger partial charge >= 0.3 is 5.69 Å². The minimum atomic E-state index is -0.174. The van der Waals surface area contributed by atoms with Gasteiger partial charge in [-0.1, -0.05) is 0 Å². The fourth-order valence-electron chi connectivity index (χ4n) is 1.37. The van der Waals surface area contributed by atoms with Crippen molar-refractivity contribution in [3.8, 4) is 0 Å². The molecule has 0 aromatic carbocycles. The number of aromatic nitrogens is 3. The van der Waals surface area contributed by atoms with Crippen LogP contribution in [0.15, 0.2) is 11.1 Å². The Morgan fingerprint density at radius 1 is 1.77 bits per heavy atom. The molecule has 0 aliphatic carbocycles. The molecule has 0 spiro atoms. The van der Waals surface area contributed by atoms with Crippen molar-refractivity contribution < 1.29 is 4.74 Å². The third-order valence-electron chi connectivity index (χ3n) is 2.03. The standard InChI is InChI=1S/C7H12N4O2/c12-7-10-9-5-11(7)3-6-4-13-2-1-8-6/h5-6,8H,1-4H2,(H,10,12). The van der Waals surface area contributed by atoms with Crippen LogP contribution in [-0.4, -0.2) is 40.6 Å². The molecule has 1 unspecified atom stereocenters. The zero-order valence-corrected chi connectivity index (χ0v) is 7.19. The summed E-state index contributed by atoms with van der Waals surface area (Å²) in [6.07, 6.45) is 1.50. The van der Waals surface area contributed by atoms with E-state index in [0.717, 1.165) is 13.2 Å². The van der Waals surface area contributed by atoms with E-state index in [0.29, 0.717) is 13.2 Å². The van der Waals surface area contributed by atoms with Crippen LogP contribution in [-0.2, 0) is 11.3 Å². The maximum atomic E-state index is 11.1. The molecule has 0 saturated carbocycles. The van der Waals surface area contributed by atoms with Gasteiger partial charge in [0.15, 0.2) is 0 Å². The first-order valence-corrected chi connectivity index (χ1v) is 4.27. The van der Waals surface area contributed by atoms with E-state index in [1.165, 1.54) is 10.9 Å². The summed E-state index contributed by atoms with van der Waals surface area (Å²) in [5.41, 5.74) is -0.174. The number of H-pyrrole nitrogens is 1. The molecule has 6 nitrogen and oxygen atoms in total. The molecule has 0 amide bonds. The van der Waals surface area contributed by atoms with Crippen LogP contribution in [0.3, 0.4) is 0 Å². The van der Waals surface area contributed by atoms with E-state index in [-0.39, 0.29) is 11.7 Å². The zero-order chi connectivity index (χ0) is 9.10. The van der Waals surface area contributed by atoms with Crippen molar-refractivity contribution in [2.45, 2.75) is 12.6 Å². The van der Waals surface area contributed by atoms with Crippen molar-refractivity contribution in [1.29, 1.82) is 0 Å². The quantitative estimate of drug-likeness (QED) is 0.590. The number of aromatic amines is 1. The van der Waals surface area contributed by atoms with Gasteiger partial charge < -0.3 is 10.1 Å². The molecule has 72 valence electrons. The fraction of sp³-hybridized carbons (Fsp3) is 0.714. The van der Waals surface area contributed by atoms with Gasteiger partial charge in [0.2, 0.25) is 0 Å². The minimum absolute atomic E-state index is 0.174. The molecule has 1 aromatic heterocycles. The van der Waals surface area contributed by atoms with Crippen LogP contribution in [0.25, 0.3) is 0 Å². The Balaban J connectivity index is 1.97. The molecule has 2 heterocycles. The first-order chi connectivity index (χ1) is 6.36. The Bertz CT molecular complexity index is 312. The molecule has 1 aromatic rings. The summed E-state index contributed by atoms with van der Waals surface area (Å²) in [6.45, 7) is 2.85. The lowest BCUT2D eigenvalue weighted by Gasteiger charge is -2.23. The molecular weight excluding hydrogens is 172 g/mol. The molecule has 1 aliphatic heterocycles. The molecule has 1 aliphatic rings. The van der Waals surface area contributed by atoms with Gasteiger partial charge in [0.25, 0.3) is 0 Å². The fourth-order valence-corrected chi connectivity index (χ4v) is 1.37. The van der Waals surface area contributed by atoms with Gasteiger partial charge in [-0.2, -0.15) is 5.10 Å². The lowest BCUT2D eigenvalue weighted by molar-refractivity contribution is 0.0711. The van der Waals surface area contributed by atoms with E-state index in [1.54, 1.807) is 0 Å². The van der Waals surface area contributed by atoms with Gasteiger partial charge in [0, 0.05) is 19.1 Å². The van der Waals surface area contributed by atoms with Gasteiger partial charge in [-0.25, -0.2) is 9.89 Å². The first-order valence-electron chi connectivity index (χ1n) is 4.27. The summed E-state index contributed by atoms with van der Waals surface area (Å²) in [6, 6.07) is 0.212. The molecular formula is C7H12N4O2. The summed E-state index contributed by atoms with van der Waals surface area (Å²) in [5, 5.41) is 9.25. The van der Waals surface area contributed by atoms with E-state index < -0.39 is 0 Å². The highest BCUT2D eigenvalue weighted by molar-refractivity contribution is 4.73.